The van der Waals surface area contributed by atoms with Crippen molar-refractivity contribution in [2.45, 2.75) is 32.9 Å². The van der Waals surface area contributed by atoms with Crippen LogP contribution in [0.15, 0.2) is 66.7 Å². The van der Waals surface area contributed by atoms with Crippen molar-refractivity contribution < 1.29 is 0 Å². The topological polar surface area (TPSA) is 62.6 Å². The van der Waals surface area contributed by atoms with E-state index in [4.69, 9.17) is 11.6 Å². The number of nitrogens with one attached hydrogen (secondary N) is 1. The van der Waals surface area contributed by atoms with E-state index in [9.17, 15) is 0 Å². The minimum atomic E-state index is -0.120. The summed E-state index contributed by atoms with van der Waals surface area (Å²) in [6, 6.07) is 22.7. The molecule has 34 heavy (non-hydrogen) atoms. The molecular weight excluding hydrogens is 444 g/mol. The van der Waals surface area contributed by atoms with Crippen LogP contribution >= 0.6 is 11.6 Å². The summed E-state index contributed by atoms with van der Waals surface area (Å²) in [6.45, 7) is 5.89. The summed E-state index contributed by atoms with van der Waals surface area (Å²) >= 11 is 6.24. The molecule has 0 aliphatic carbocycles. The Bertz CT molecular complexity index is 1460. The van der Waals surface area contributed by atoms with Crippen LogP contribution in [0.4, 0.5) is 0 Å². The van der Waals surface area contributed by atoms with Crippen LogP contribution in [0, 0.1) is 13.8 Å². The number of tetrazole rings is 1. The van der Waals surface area contributed by atoms with Crippen molar-refractivity contribution in [1.82, 2.24) is 30.1 Å². The lowest BCUT2D eigenvalue weighted by Crippen LogP contribution is -2.36. The van der Waals surface area contributed by atoms with Crippen LogP contribution in [0.1, 0.15) is 39.8 Å². The second-order valence-corrected chi connectivity index (χ2v) is 9.43. The Labute approximate surface area is 203 Å². The molecule has 6 nitrogen and oxygen atoms in total. The predicted molar refractivity (Wildman–Crippen MR) is 134 cm³/mol. The van der Waals surface area contributed by atoms with Gasteiger partial charge in [-0.25, -0.2) is 0 Å². The maximum atomic E-state index is 6.24. The van der Waals surface area contributed by atoms with E-state index in [1.165, 1.54) is 22.2 Å². The average Bonchev–Trinajstić information content (AvgIpc) is 3.45. The number of fused-ring (bicyclic) bond motifs is 3. The summed E-state index contributed by atoms with van der Waals surface area (Å²) in [5.74, 6) is 0.805. The second kappa shape index (κ2) is 8.38. The lowest BCUT2D eigenvalue weighted by Gasteiger charge is -2.34. The maximum Gasteiger partial charge on any atom is 0.178 e. The molecule has 0 amide bonds. The van der Waals surface area contributed by atoms with Crippen molar-refractivity contribution in [2.24, 2.45) is 0 Å². The Morgan fingerprint density at radius 2 is 1.71 bits per heavy atom. The van der Waals surface area contributed by atoms with Crippen molar-refractivity contribution >= 4 is 22.5 Å². The van der Waals surface area contributed by atoms with Gasteiger partial charge in [-0.2, -0.15) is 4.68 Å². The highest BCUT2D eigenvalue weighted by Crippen LogP contribution is 2.36. The SMILES string of the molecule is Cc1cccc(C)c1-n1nnnc1C(c1ccc(Cl)cc1)N1CCc2c([nH]c3ccccc23)C1. The monoisotopic (exact) mass is 468 g/mol. The zero-order valence-electron chi connectivity index (χ0n) is 19.2. The molecule has 2 aromatic heterocycles. The molecule has 7 heteroatoms. The van der Waals surface area contributed by atoms with Gasteiger partial charge >= 0.3 is 0 Å². The third-order valence-electron chi connectivity index (χ3n) is 6.85. The zero-order chi connectivity index (χ0) is 23.2. The second-order valence-electron chi connectivity index (χ2n) is 8.99. The molecule has 1 unspecified atom stereocenters. The number of aromatic amines is 1. The van der Waals surface area contributed by atoms with Gasteiger partial charge in [-0.15, -0.1) is 5.10 Å². The van der Waals surface area contributed by atoms with Crippen LogP contribution in [0.3, 0.4) is 0 Å². The van der Waals surface area contributed by atoms with Crippen LogP contribution in [0.2, 0.25) is 5.02 Å². The van der Waals surface area contributed by atoms with Gasteiger partial charge in [-0.05, 0) is 71.1 Å². The molecule has 1 aliphatic heterocycles. The maximum absolute atomic E-state index is 6.24. The van der Waals surface area contributed by atoms with E-state index in [0.717, 1.165) is 47.7 Å². The Hall–Kier alpha value is -3.48. The van der Waals surface area contributed by atoms with Crippen molar-refractivity contribution in [1.29, 1.82) is 0 Å². The number of benzene rings is 3. The molecule has 1 N–H and O–H groups in total. The Kier molecular flexibility index (Phi) is 5.20. The molecule has 1 atom stereocenters. The van der Waals surface area contributed by atoms with Crippen molar-refractivity contribution in [3.8, 4) is 5.69 Å². The highest BCUT2D eigenvalue weighted by atomic mass is 35.5. The quantitative estimate of drug-likeness (QED) is 0.375. The largest absolute Gasteiger partial charge is 0.357 e. The van der Waals surface area contributed by atoms with E-state index < -0.39 is 0 Å². The van der Waals surface area contributed by atoms with E-state index in [-0.39, 0.29) is 6.04 Å². The number of H-pyrrole nitrogens is 1. The number of halogens is 1. The molecule has 0 fully saturated rings. The number of para-hydroxylation sites is 2. The van der Waals surface area contributed by atoms with Gasteiger partial charge in [0.2, 0.25) is 0 Å². The summed E-state index contributed by atoms with van der Waals surface area (Å²) < 4.78 is 1.91. The number of hydrogen-bond donors (Lipinski definition) is 1. The summed E-state index contributed by atoms with van der Waals surface area (Å²) in [5, 5.41) is 15.2. The molecule has 0 saturated carbocycles. The first-order valence-electron chi connectivity index (χ1n) is 11.5. The Morgan fingerprint density at radius 1 is 0.941 bits per heavy atom. The van der Waals surface area contributed by atoms with Crippen LogP contribution in [-0.2, 0) is 13.0 Å². The summed E-state index contributed by atoms with van der Waals surface area (Å²) in [4.78, 5) is 6.11. The molecule has 0 saturated heterocycles. The minimum Gasteiger partial charge on any atom is -0.357 e. The molecule has 3 heterocycles. The molecule has 3 aromatic carbocycles. The van der Waals surface area contributed by atoms with Gasteiger partial charge < -0.3 is 4.98 Å². The van der Waals surface area contributed by atoms with E-state index in [1.807, 2.05) is 16.8 Å². The summed E-state index contributed by atoms with van der Waals surface area (Å²) in [6.07, 6.45) is 0.967. The standard InChI is InChI=1S/C27H25ClN6/c1-17-6-5-7-18(2)25(17)34-27(30-31-32-34)26(19-10-12-20(28)13-11-19)33-15-14-22-21-8-3-4-9-23(21)29-24(22)16-33/h3-13,26,29H,14-16H2,1-2H3. The molecular formula is C27H25ClN6. The van der Waals surface area contributed by atoms with Gasteiger partial charge in [0.05, 0.1) is 11.7 Å². The first-order valence-corrected chi connectivity index (χ1v) is 11.9. The number of rotatable bonds is 4. The van der Waals surface area contributed by atoms with Gasteiger partial charge in [0.15, 0.2) is 5.82 Å². The van der Waals surface area contributed by atoms with E-state index in [0.29, 0.717) is 5.02 Å². The summed E-state index contributed by atoms with van der Waals surface area (Å²) in [7, 11) is 0. The number of nitrogens with zero attached hydrogens (tertiary/aromatic N) is 5. The number of hydrogen-bond acceptors (Lipinski definition) is 4. The Balaban J connectivity index is 1.48. The zero-order valence-corrected chi connectivity index (χ0v) is 19.9. The lowest BCUT2D eigenvalue weighted by atomic mass is 9.98. The molecule has 170 valence electrons. The van der Waals surface area contributed by atoms with Gasteiger partial charge in [0, 0.05) is 34.7 Å². The smallest absolute Gasteiger partial charge is 0.178 e. The normalized spacial score (nSPS) is 14.9. The Morgan fingerprint density at radius 3 is 2.50 bits per heavy atom. The van der Waals surface area contributed by atoms with Crippen molar-refractivity contribution in [2.75, 3.05) is 6.54 Å². The van der Waals surface area contributed by atoms with E-state index in [2.05, 4.69) is 93.9 Å². The average molecular weight is 469 g/mol. The molecule has 6 rings (SSSR count). The van der Waals surface area contributed by atoms with Crippen molar-refractivity contribution in [3.05, 3.63) is 106 Å². The van der Waals surface area contributed by atoms with E-state index >= 15 is 0 Å². The van der Waals surface area contributed by atoms with Crippen LogP contribution < -0.4 is 0 Å². The van der Waals surface area contributed by atoms with Crippen molar-refractivity contribution in [3.63, 3.8) is 0 Å². The first kappa shape index (κ1) is 21.1. The van der Waals surface area contributed by atoms with Gasteiger partial charge in [-0.1, -0.05) is 60.1 Å². The third-order valence-corrected chi connectivity index (χ3v) is 7.10. The number of aryl methyl sites for hydroxylation is 2. The number of aromatic nitrogens is 5. The molecule has 5 aromatic rings. The molecule has 0 radical (unpaired) electrons. The summed E-state index contributed by atoms with van der Waals surface area (Å²) in [5.41, 5.74) is 8.29. The van der Waals surface area contributed by atoms with Crippen LogP contribution in [-0.4, -0.2) is 36.6 Å². The fourth-order valence-corrected chi connectivity index (χ4v) is 5.39. The van der Waals surface area contributed by atoms with Crippen LogP contribution in [0.25, 0.3) is 16.6 Å². The van der Waals surface area contributed by atoms with E-state index in [1.54, 1.807) is 0 Å². The third kappa shape index (κ3) is 3.50. The minimum absolute atomic E-state index is 0.120. The van der Waals surface area contributed by atoms with Gasteiger partial charge in [0.25, 0.3) is 0 Å². The fraction of sp³-hybridized carbons (Fsp3) is 0.222. The highest BCUT2D eigenvalue weighted by molar-refractivity contribution is 6.30. The molecule has 0 bridgehead atoms. The molecule has 1 aliphatic rings. The predicted octanol–water partition coefficient (Wildman–Crippen LogP) is 5.56. The first-order chi connectivity index (χ1) is 16.6. The van der Waals surface area contributed by atoms with Gasteiger partial charge in [-0.3, -0.25) is 4.90 Å². The molecule has 0 spiro atoms. The van der Waals surface area contributed by atoms with Crippen LogP contribution in [0.5, 0.6) is 0 Å². The fourth-order valence-electron chi connectivity index (χ4n) is 5.27. The van der Waals surface area contributed by atoms with Gasteiger partial charge in [0.1, 0.15) is 0 Å². The lowest BCUT2D eigenvalue weighted by molar-refractivity contribution is 0.195. The highest BCUT2D eigenvalue weighted by Gasteiger charge is 2.32.